The Labute approximate surface area is 201 Å². The fourth-order valence-electron chi connectivity index (χ4n) is 3.41. The summed E-state index contributed by atoms with van der Waals surface area (Å²) < 4.78 is 10.6. The van der Waals surface area contributed by atoms with Crippen LogP contribution in [0.25, 0.3) is 0 Å². The Morgan fingerprint density at radius 1 is 0.824 bits per heavy atom. The van der Waals surface area contributed by atoms with E-state index in [0.717, 1.165) is 6.42 Å². The summed E-state index contributed by atoms with van der Waals surface area (Å²) in [6.45, 7) is 7.49. The first-order valence-electron chi connectivity index (χ1n) is 11.6. The minimum atomic E-state index is -0.361. The number of para-hydroxylation sites is 2. The van der Waals surface area contributed by atoms with Crippen molar-refractivity contribution < 1.29 is 29.3 Å². The van der Waals surface area contributed by atoms with Crippen LogP contribution in [0.1, 0.15) is 38.3 Å². The highest BCUT2D eigenvalue weighted by atomic mass is 16.5. The lowest BCUT2D eigenvalue weighted by Gasteiger charge is -2.27. The number of aromatic hydroxyl groups is 2. The third-order valence-corrected chi connectivity index (χ3v) is 5.04. The predicted octanol–water partition coefficient (Wildman–Crippen LogP) is 3.31. The maximum absolute atomic E-state index is 12.4. The van der Waals surface area contributed by atoms with Gasteiger partial charge in [0.15, 0.2) is 0 Å². The molecule has 186 valence electrons. The van der Waals surface area contributed by atoms with E-state index in [1.54, 1.807) is 50.2 Å². The fourth-order valence-corrected chi connectivity index (χ4v) is 3.41. The highest BCUT2D eigenvalue weighted by molar-refractivity contribution is 5.72. The Morgan fingerprint density at radius 3 is 1.74 bits per heavy atom. The zero-order valence-electron chi connectivity index (χ0n) is 20.3. The van der Waals surface area contributed by atoms with Crippen LogP contribution >= 0.6 is 0 Å². The SMILES string of the molecule is CCCOC(=O)CN(CCN(CC(=O)OC(C)C)Cc1ccccc1O)Cc1ccccc1O. The van der Waals surface area contributed by atoms with Gasteiger partial charge >= 0.3 is 11.9 Å². The van der Waals surface area contributed by atoms with Crippen molar-refractivity contribution in [2.75, 3.05) is 32.8 Å². The van der Waals surface area contributed by atoms with E-state index in [0.29, 0.717) is 43.9 Å². The van der Waals surface area contributed by atoms with Crippen LogP contribution in [0.5, 0.6) is 11.5 Å². The summed E-state index contributed by atoms with van der Waals surface area (Å²) in [6, 6.07) is 14.0. The molecule has 2 rings (SSSR count). The minimum Gasteiger partial charge on any atom is -0.508 e. The van der Waals surface area contributed by atoms with E-state index >= 15 is 0 Å². The van der Waals surface area contributed by atoms with Gasteiger partial charge in [0.25, 0.3) is 0 Å². The van der Waals surface area contributed by atoms with E-state index in [9.17, 15) is 19.8 Å². The molecule has 2 aromatic carbocycles. The first-order chi connectivity index (χ1) is 16.3. The van der Waals surface area contributed by atoms with E-state index < -0.39 is 0 Å². The summed E-state index contributed by atoms with van der Waals surface area (Å²) in [5.41, 5.74) is 1.38. The number of carbonyl (C=O) groups is 2. The predicted molar refractivity (Wildman–Crippen MR) is 129 cm³/mol. The van der Waals surface area contributed by atoms with Gasteiger partial charge in [-0.05, 0) is 32.4 Å². The number of phenolic OH excluding ortho intramolecular Hbond substituents is 2. The molecule has 0 amide bonds. The molecule has 0 radical (unpaired) electrons. The molecule has 0 saturated heterocycles. The minimum absolute atomic E-state index is 0.0389. The zero-order valence-corrected chi connectivity index (χ0v) is 20.3. The van der Waals surface area contributed by atoms with Crippen molar-refractivity contribution in [2.24, 2.45) is 0 Å². The molecular weight excluding hydrogens is 436 g/mol. The van der Waals surface area contributed by atoms with Gasteiger partial charge in [-0.1, -0.05) is 43.3 Å². The van der Waals surface area contributed by atoms with Crippen molar-refractivity contribution >= 4 is 11.9 Å². The highest BCUT2D eigenvalue weighted by Crippen LogP contribution is 2.19. The molecule has 8 nitrogen and oxygen atoms in total. The molecule has 0 saturated carbocycles. The van der Waals surface area contributed by atoms with Gasteiger partial charge in [0.1, 0.15) is 11.5 Å². The second-order valence-corrected chi connectivity index (χ2v) is 8.44. The molecule has 0 aromatic heterocycles. The standard InChI is InChI=1S/C26H36N2O6/c1-4-15-33-25(31)18-27(16-21-9-5-7-11-23(21)29)13-14-28(19-26(32)34-20(2)3)17-22-10-6-8-12-24(22)30/h5-12,20,29-30H,4,13-19H2,1-3H3. The molecule has 0 atom stereocenters. The quantitative estimate of drug-likeness (QED) is 0.404. The van der Waals surface area contributed by atoms with E-state index in [-0.39, 0.29) is 42.6 Å². The largest absolute Gasteiger partial charge is 0.508 e. The Morgan fingerprint density at radius 2 is 1.29 bits per heavy atom. The molecule has 0 aliphatic carbocycles. The lowest BCUT2D eigenvalue weighted by Crippen LogP contribution is -2.40. The molecule has 0 spiro atoms. The second-order valence-electron chi connectivity index (χ2n) is 8.44. The lowest BCUT2D eigenvalue weighted by molar-refractivity contribution is -0.149. The van der Waals surface area contributed by atoms with Crippen molar-refractivity contribution in [1.29, 1.82) is 0 Å². The summed E-state index contributed by atoms with van der Waals surface area (Å²) in [4.78, 5) is 28.4. The van der Waals surface area contributed by atoms with Crippen LogP contribution in [-0.2, 0) is 32.2 Å². The van der Waals surface area contributed by atoms with Crippen LogP contribution in [0.2, 0.25) is 0 Å². The third kappa shape index (κ3) is 9.80. The van der Waals surface area contributed by atoms with E-state index in [1.807, 2.05) is 28.9 Å². The monoisotopic (exact) mass is 472 g/mol. The molecule has 0 heterocycles. The molecule has 0 bridgehead atoms. The van der Waals surface area contributed by atoms with Gasteiger partial charge in [-0.15, -0.1) is 0 Å². The van der Waals surface area contributed by atoms with E-state index in [1.165, 1.54) is 0 Å². The fraction of sp³-hybridized carbons (Fsp3) is 0.462. The van der Waals surface area contributed by atoms with Crippen LogP contribution in [0.15, 0.2) is 48.5 Å². The normalized spacial score (nSPS) is 11.2. The first-order valence-corrected chi connectivity index (χ1v) is 11.6. The Bertz CT molecular complexity index is 918. The molecule has 2 N–H and O–H groups in total. The first kappa shape index (κ1) is 27.1. The molecule has 0 fully saturated rings. The number of ether oxygens (including phenoxy) is 2. The maximum atomic E-state index is 12.4. The molecule has 0 unspecified atom stereocenters. The summed E-state index contributed by atoms with van der Waals surface area (Å²) >= 11 is 0. The van der Waals surface area contributed by atoms with Crippen LogP contribution in [-0.4, -0.2) is 70.8 Å². The molecule has 34 heavy (non-hydrogen) atoms. The average Bonchev–Trinajstić information content (AvgIpc) is 2.78. The van der Waals surface area contributed by atoms with E-state index in [4.69, 9.17) is 9.47 Å². The molecule has 0 aliphatic rings. The van der Waals surface area contributed by atoms with Gasteiger partial charge in [0.05, 0.1) is 25.8 Å². The number of rotatable bonds is 14. The Hall–Kier alpha value is -3.10. The average molecular weight is 473 g/mol. The van der Waals surface area contributed by atoms with Gasteiger partial charge in [-0.2, -0.15) is 0 Å². The second kappa shape index (κ2) is 14.2. The van der Waals surface area contributed by atoms with Crippen LogP contribution < -0.4 is 0 Å². The number of phenols is 2. The number of hydrogen-bond donors (Lipinski definition) is 2. The summed E-state index contributed by atoms with van der Waals surface area (Å²) in [7, 11) is 0. The number of esters is 2. The van der Waals surface area contributed by atoms with Crippen molar-refractivity contribution in [3.63, 3.8) is 0 Å². The van der Waals surface area contributed by atoms with Crippen LogP contribution in [0.4, 0.5) is 0 Å². The molecule has 0 aliphatic heterocycles. The van der Waals surface area contributed by atoms with Gasteiger partial charge < -0.3 is 19.7 Å². The van der Waals surface area contributed by atoms with Crippen LogP contribution in [0, 0.1) is 0 Å². The summed E-state index contributed by atoms with van der Waals surface area (Å²) in [5.74, 6) is -0.399. The van der Waals surface area contributed by atoms with Crippen molar-refractivity contribution in [3.05, 3.63) is 59.7 Å². The maximum Gasteiger partial charge on any atom is 0.320 e. The summed E-state index contributed by atoms with van der Waals surface area (Å²) in [5, 5.41) is 20.4. The zero-order chi connectivity index (χ0) is 24.9. The Balaban J connectivity index is 2.14. The molecule has 8 heteroatoms. The summed E-state index contributed by atoms with van der Waals surface area (Å²) in [6.07, 6.45) is 0.503. The highest BCUT2D eigenvalue weighted by Gasteiger charge is 2.19. The number of benzene rings is 2. The molecular formula is C26H36N2O6. The van der Waals surface area contributed by atoms with Gasteiger partial charge in [-0.25, -0.2) is 0 Å². The smallest absolute Gasteiger partial charge is 0.320 e. The lowest BCUT2D eigenvalue weighted by atomic mass is 10.1. The third-order valence-electron chi connectivity index (χ3n) is 5.04. The van der Waals surface area contributed by atoms with Crippen molar-refractivity contribution in [2.45, 2.75) is 46.4 Å². The van der Waals surface area contributed by atoms with Gasteiger partial charge in [-0.3, -0.25) is 19.4 Å². The van der Waals surface area contributed by atoms with Crippen molar-refractivity contribution in [3.8, 4) is 11.5 Å². The van der Waals surface area contributed by atoms with Crippen molar-refractivity contribution in [1.82, 2.24) is 9.80 Å². The number of hydrogen-bond acceptors (Lipinski definition) is 8. The van der Waals surface area contributed by atoms with Gasteiger partial charge in [0.2, 0.25) is 0 Å². The van der Waals surface area contributed by atoms with E-state index in [2.05, 4.69) is 0 Å². The molecule has 2 aromatic rings. The van der Waals surface area contributed by atoms with Crippen LogP contribution in [0.3, 0.4) is 0 Å². The van der Waals surface area contributed by atoms with Gasteiger partial charge in [0, 0.05) is 37.3 Å². The number of nitrogens with zero attached hydrogens (tertiary/aromatic N) is 2. The number of carbonyl (C=O) groups excluding carboxylic acids is 2. The Kier molecular flexibility index (Phi) is 11.4. The topological polar surface area (TPSA) is 99.5 Å².